The van der Waals surface area contributed by atoms with E-state index in [0.717, 1.165) is 17.3 Å². The molecule has 0 saturated carbocycles. The van der Waals surface area contributed by atoms with E-state index in [1.807, 2.05) is 6.07 Å². The van der Waals surface area contributed by atoms with Gasteiger partial charge in [-0.3, -0.25) is 14.4 Å². The third-order valence-corrected chi connectivity index (χ3v) is 4.01. The van der Waals surface area contributed by atoms with Crippen molar-refractivity contribution >= 4 is 34.5 Å². The summed E-state index contributed by atoms with van der Waals surface area (Å²) < 4.78 is 5.26. The summed E-state index contributed by atoms with van der Waals surface area (Å²) in [5, 5.41) is 7.87. The Morgan fingerprint density at radius 3 is 3.05 bits per heavy atom. The number of ether oxygens (including phenoxy) is 1. The quantitative estimate of drug-likeness (QED) is 0.754. The Balaban J connectivity index is 1.60. The second kappa shape index (κ2) is 5.65. The van der Waals surface area contributed by atoms with Gasteiger partial charge in [0.15, 0.2) is 6.61 Å². The highest BCUT2D eigenvalue weighted by atomic mass is 32.2. The van der Waals surface area contributed by atoms with Crippen LogP contribution in [-0.4, -0.2) is 35.5 Å². The average molecular weight is 307 g/mol. The zero-order valence-electron chi connectivity index (χ0n) is 11.0. The van der Waals surface area contributed by atoms with E-state index in [1.54, 1.807) is 12.1 Å². The lowest BCUT2D eigenvalue weighted by Gasteiger charge is -2.18. The fourth-order valence-corrected chi connectivity index (χ4v) is 2.86. The van der Waals surface area contributed by atoms with E-state index in [9.17, 15) is 14.4 Å². The maximum atomic E-state index is 11.9. The van der Waals surface area contributed by atoms with Crippen molar-refractivity contribution in [3.63, 3.8) is 0 Å². The van der Waals surface area contributed by atoms with Gasteiger partial charge in [0.1, 0.15) is 11.8 Å². The van der Waals surface area contributed by atoms with E-state index in [-0.39, 0.29) is 23.7 Å². The first-order chi connectivity index (χ1) is 10.1. The maximum absolute atomic E-state index is 11.9. The summed E-state index contributed by atoms with van der Waals surface area (Å²) in [5.74, 6) is 0.642. The standard InChI is InChI=1S/C13H13N3O4S/c17-11-5-20-10-2-1-7(3-8(10)15-11)4-14-12(18)9-6-21-13(19)16-9/h1-3,9H,4-6H2,(H,14,18)(H,15,17)(H,16,19). The predicted molar refractivity (Wildman–Crippen MR) is 77.2 cm³/mol. The molecule has 3 amide bonds. The minimum Gasteiger partial charge on any atom is -0.482 e. The Hall–Kier alpha value is -2.22. The largest absolute Gasteiger partial charge is 0.482 e. The van der Waals surface area contributed by atoms with Crippen LogP contribution in [0.1, 0.15) is 5.56 Å². The number of carbonyl (C=O) groups is 3. The van der Waals surface area contributed by atoms with Gasteiger partial charge in [-0.1, -0.05) is 17.8 Å². The SMILES string of the molecule is O=C1COc2ccc(CNC(=O)C3CSC(=O)N3)cc2N1. The fraction of sp³-hybridized carbons (Fsp3) is 0.308. The summed E-state index contributed by atoms with van der Waals surface area (Å²) in [7, 11) is 0. The van der Waals surface area contributed by atoms with Gasteiger partial charge in [-0.25, -0.2) is 0 Å². The molecule has 1 saturated heterocycles. The molecule has 7 nitrogen and oxygen atoms in total. The molecule has 0 radical (unpaired) electrons. The third-order valence-electron chi connectivity index (χ3n) is 3.13. The van der Waals surface area contributed by atoms with E-state index < -0.39 is 6.04 Å². The molecule has 8 heteroatoms. The van der Waals surface area contributed by atoms with Gasteiger partial charge in [0.05, 0.1) is 5.69 Å². The van der Waals surface area contributed by atoms with Crippen molar-refractivity contribution in [2.24, 2.45) is 0 Å². The molecule has 21 heavy (non-hydrogen) atoms. The molecule has 0 spiro atoms. The number of amides is 3. The molecule has 2 aliphatic heterocycles. The topological polar surface area (TPSA) is 96.5 Å². The summed E-state index contributed by atoms with van der Waals surface area (Å²) in [5.41, 5.74) is 1.44. The molecular formula is C13H13N3O4S. The van der Waals surface area contributed by atoms with Crippen molar-refractivity contribution in [1.29, 1.82) is 0 Å². The first-order valence-electron chi connectivity index (χ1n) is 6.38. The number of rotatable bonds is 3. The molecule has 1 aromatic carbocycles. The number of hydrogen-bond donors (Lipinski definition) is 3. The van der Waals surface area contributed by atoms with Crippen molar-refractivity contribution in [2.75, 3.05) is 17.7 Å². The van der Waals surface area contributed by atoms with E-state index in [0.29, 0.717) is 23.7 Å². The number of thioether (sulfide) groups is 1. The molecule has 2 aliphatic rings. The zero-order valence-corrected chi connectivity index (χ0v) is 11.8. The molecule has 1 aromatic rings. The molecule has 3 N–H and O–H groups in total. The molecule has 3 rings (SSSR count). The fourth-order valence-electron chi connectivity index (χ4n) is 2.08. The molecule has 2 heterocycles. The first-order valence-corrected chi connectivity index (χ1v) is 7.37. The second-order valence-electron chi connectivity index (χ2n) is 4.68. The Bertz CT molecular complexity index is 619. The van der Waals surface area contributed by atoms with Crippen LogP contribution >= 0.6 is 11.8 Å². The molecule has 0 bridgehead atoms. The highest BCUT2D eigenvalue weighted by Crippen LogP contribution is 2.28. The number of carbonyl (C=O) groups excluding carboxylic acids is 3. The van der Waals surface area contributed by atoms with Crippen molar-refractivity contribution in [2.45, 2.75) is 12.6 Å². The molecular weight excluding hydrogens is 294 g/mol. The smallest absolute Gasteiger partial charge is 0.279 e. The van der Waals surface area contributed by atoms with Crippen LogP contribution in [0.25, 0.3) is 0 Å². The number of benzene rings is 1. The highest BCUT2D eigenvalue weighted by molar-refractivity contribution is 8.14. The van der Waals surface area contributed by atoms with Gasteiger partial charge >= 0.3 is 0 Å². The van der Waals surface area contributed by atoms with E-state index >= 15 is 0 Å². The predicted octanol–water partition coefficient (Wildman–Crippen LogP) is 0.459. The van der Waals surface area contributed by atoms with E-state index in [1.165, 1.54) is 0 Å². The van der Waals surface area contributed by atoms with Crippen LogP contribution in [0.2, 0.25) is 0 Å². The maximum Gasteiger partial charge on any atom is 0.279 e. The van der Waals surface area contributed by atoms with Crippen molar-refractivity contribution in [1.82, 2.24) is 10.6 Å². The van der Waals surface area contributed by atoms with Gasteiger partial charge in [0, 0.05) is 12.3 Å². The van der Waals surface area contributed by atoms with E-state index in [2.05, 4.69) is 16.0 Å². The van der Waals surface area contributed by atoms with Crippen LogP contribution in [0, 0.1) is 0 Å². The van der Waals surface area contributed by atoms with Crippen molar-refractivity contribution in [3.8, 4) is 5.75 Å². The molecule has 0 aliphatic carbocycles. The second-order valence-corrected chi connectivity index (χ2v) is 5.67. The number of nitrogens with one attached hydrogen (secondary N) is 3. The van der Waals surface area contributed by atoms with Crippen LogP contribution in [0.5, 0.6) is 5.75 Å². The normalized spacial score (nSPS) is 20.1. The van der Waals surface area contributed by atoms with Crippen LogP contribution in [0.15, 0.2) is 18.2 Å². The summed E-state index contributed by atoms with van der Waals surface area (Å²) >= 11 is 1.10. The lowest BCUT2D eigenvalue weighted by Crippen LogP contribution is -2.42. The van der Waals surface area contributed by atoms with Crippen LogP contribution in [0.4, 0.5) is 10.5 Å². The summed E-state index contributed by atoms with van der Waals surface area (Å²) in [4.78, 5) is 34.2. The molecule has 1 unspecified atom stereocenters. The van der Waals surface area contributed by atoms with Gasteiger partial charge in [-0.2, -0.15) is 0 Å². The highest BCUT2D eigenvalue weighted by Gasteiger charge is 2.27. The Morgan fingerprint density at radius 1 is 1.43 bits per heavy atom. The van der Waals surface area contributed by atoms with Gasteiger partial charge in [-0.15, -0.1) is 0 Å². The monoisotopic (exact) mass is 307 g/mol. The first kappa shape index (κ1) is 13.7. The summed E-state index contributed by atoms with van der Waals surface area (Å²) in [6.45, 7) is 0.334. The van der Waals surface area contributed by atoms with Gasteiger partial charge < -0.3 is 20.7 Å². The minimum absolute atomic E-state index is 0.0160. The molecule has 0 aromatic heterocycles. The Kier molecular flexibility index (Phi) is 3.70. The number of hydrogen-bond acceptors (Lipinski definition) is 5. The lowest BCUT2D eigenvalue weighted by atomic mass is 10.1. The van der Waals surface area contributed by atoms with Gasteiger partial charge in [0.25, 0.3) is 11.1 Å². The molecule has 110 valence electrons. The minimum atomic E-state index is -0.483. The van der Waals surface area contributed by atoms with Gasteiger partial charge in [0.2, 0.25) is 5.91 Å². The zero-order chi connectivity index (χ0) is 14.8. The van der Waals surface area contributed by atoms with E-state index in [4.69, 9.17) is 4.74 Å². The van der Waals surface area contributed by atoms with Crippen molar-refractivity contribution in [3.05, 3.63) is 23.8 Å². The lowest BCUT2D eigenvalue weighted by molar-refractivity contribution is -0.122. The molecule has 1 atom stereocenters. The van der Waals surface area contributed by atoms with Crippen LogP contribution in [-0.2, 0) is 16.1 Å². The number of fused-ring (bicyclic) bond motifs is 1. The van der Waals surface area contributed by atoms with Gasteiger partial charge in [-0.05, 0) is 17.7 Å². The number of anilines is 1. The average Bonchev–Trinajstić information content (AvgIpc) is 2.91. The van der Waals surface area contributed by atoms with Crippen LogP contribution in [0.3, 0.4) is 0 Å². The Labute approximate surface area is 124 Å². The third kappa shape index (κ3) is 3.10. The van der Waals surface area contributed by atoms with Crippen LogP contribution < -0.4 is 20.7 Å². The van der Waals surface area contributed by atoms with Crippen molar-refractivity contribution < 1.29 is 19.1 Å². The summed E-state index contributed by atoms with van der Waals surface area (Å²) in [6, 6.07) is 4.85. The Morgan fingerprint density at radius 2 is 2.29 bits per heavy atom. The summed E-state index contributed by atoms with van der Waals surface area (Å²) in [6.07, 6.45) is 0. The molecule has 1 fully saturated rings.